The Kier molecular flexibility index (Phi) is 10.6. The minimum atomic E-state index is -2.07. The van der Waals surface area contributed by atoms with Crippen molar-refractivity contribution < 1.29 is 4.43 Å². The molecular formula is C16H37N3OSi. The van der Waals surface area contributed by atoms with E-state index in [1.165, 1.54) is 57.8 Å². The molecule has 5 heteroatoms. The Hall–Kier alpha value is 0.0569. The first-order valence-corrected chi connectivity index (χ1v) is 11.1. The number of hydrogen-bond acceptors (Lipinski definition) is 4. The zero-order valence-electron chi connectivity index (χ0n) is 14.3. The van der Waals surface area contributed by atoms with Gasteiger partial charge in [-0.25, -0.2) is 0 Å². The maximum atomic E-state index is 6.40. The Morgan fingerprint density at radius 2 is 1.57 bits per heavy atom. The smallest absolute Gasteiger partial charge is 0.355 e. The molecule has 126 valence electrons. The Morgan fingerprint density at radius 1 is 1.00 bits per heavy atom. The van der Waals surface area contributed by atoms with Crippen molar-refractivity contribution in [3.8, 4) is 0 Å². The number of nitrogens with two attached hydrogens (primary N) is 1. The number of unbranched alkanes of at least 4 members (excludes halogenated alkanes) is 2. The Balaban J connectivity index is 2.71. The molecule has 4 nitrogen and oxygen atoms in total. The van der Waals surface area contributed by atoms with E-state index in [1.54, 1.807) is 0 Å². The quantitative estimate of drug-likeness (QED) is 0.383. The highest BCUT2D eigenvalue weighted by Gasteiger charge is 2.44. The van der Waals surface area contributed by atoms with Crippen LogP contribution in [-0.4, -0.2) is 34.9 Å². The summed E-state index contributed by atoms with van der Waals surface area (Å²) in [6, 6.07) is 0. The molecule has 0 saturated heterocycles. The lowest BCUT2D eigenvalue weighted by Gasteiger charge is -2.40. The van der Waals surface area contributed by atoms with Gasteiger partial charge in [0.25, 0.3) is 0 Å². The van der Waals surface area contributed by atoms with E-state index in [2.05, 4.69) is 23.8 Å². The summed E-state index contributed by atoms with van der Waals surface area (Å²) in [5, 5.41) is 0. The second-order valence-electron chi connectivity index (χ2n) is 6.27. The topological polar surface area (TPSA) is 59.3 Å². The molecule has 21 heavy (non-hydrogen) atoms. The second-order valence-corrected chi connectivity index (χ2v) is 9.55. The minimum Gasteiger partial charge on any atom is -0.390 e. The van der Waals surface area contributed by atoms with Crippen molar-refractivity contribution in [2.45, 2.75) is 77.2 Å². The average Bonchev–Trinajstić information content (AvgIpc) is 2.53. The molecule has 1 fully saturated rings. The van der Waals surface area contributed by atoms with Crippen LogP contribution in [-0.2, 0) is 4.43 Å². The van der Waals surface area contributed by atoms with Crippen molar-refractivity contribution in [2.24, 2.45) is 5.73 Å². The highest BCUT2D eigenvalue weighted by Crippen LogP contribution is 2.35. The molecule has 0 aliphatic heterocycles. The van der Waals surface area contributed by atoms with Crippen LogP contribution in [0.15, 0.2) is 0 Å². The van der Waals surface area contributed by atoms with Gasteiger partial charge in [-0.05, 0) is 38.8 Å². The van der Waals surface area contributed by atoms with Crippen molar-refractivity contribution in [1.82, 2.24) is 9.96 Å². The summed E-state index contributed by atoms with van der Waals surface area (Å²) >= 11 is 0. The van der Waals surface area contributed by atoms with Crippen LogP contribution in [0.3, 0.4) is 0 Å². The molecule has 0 heterocycles. The standard InChI is InChI=1S/C16H37N3OSi/c1-3-5-13-18-21(20-15-12-17,19-14-6-4-2)16-10-8-7-9-11-16/h16,18-19H,3-15,17H2,1-2H3. The van der Waals surface area contributed by atoms with E-state index < -0.39 is 8.64 Å². The fourth-order valence-electron chi connectivity index (χ4n) is 3.20. The summed E-state index contributed by atoms with van der Waals surface area (Å²) in [6.07, 6.45) is 11.6. The first-order valence-electron chi connectivity index (χ1n) is 9.13. The van der Waals surface area contributed by atoms with Gasteiger partial charge in [-0.15, -0.1) is 0 Å². The van der Waals surface area contributed by atoms with Gasteiger partial charge in [0.05, 0.1) is 0 Å². The SMILES string of the molecule is CCCCN[Si](NCCCC)(OCCN)C1CCCCC1. The summed E-state index contributed by atoms with van der Waals surface area (Å²) in [5.74, 6) is 0. The zero-order valence-corrected chi connectivity index (χ0v) is 15.3. The van der Waals surface area contributed by atoms with Crippen molar-refractivity contribution in [3.63, 3.8) is 0 Å². The third-order valence-corrected chi connectivity index (χ3v) is 8.40. The van der Waals surface area contributed by atoms with Crippen LogP contribution in [0.25, 0.3) is 0 Å². The van der Waals surface area contributed by atoms with E-state index in [0.717, 1.165) is 13.1 Å². The molecule has 1 saturated carbocycles. The van der Waals surface area contributed by atoms with Crippen LogP contribution in [0, 0.1) is 0 Å². The first kappa shape index (κ1) is 19.1. The lowest BCUT2D eigenvalue weighted by Crippen LogP contribution is -2.68. The van der Waals surface area contributed by atoms with Gasteiger partial charge in [0, 0.05) is 18.7 Å². The molecule has 0 aromatic carbocycles. The summed E-state index contributed by atoms with van der Waals surface area (Å²) in [7, 11) is -2.07. The Labute approximate surface area is 132 Å². The number of rotatable bonds is 12. The van der Waals surface area contributed by atoms with Gasteiger partial charge >= 0.3 is 8.64 Å². The third kappa shape index (κ3) is 6.78. The maximum Gasteiger partial charge on any atom is 0.355 e. The highest BCUT2D eigenvalue weighted by molar-refractivity contribution is 6.70. The molecule has 0 aromatic heterocycles. The molecule has 0 bridgehead atoms. The summed E-state index contributed by atoms with van der Waals surface area (Å²) in [4.78, 5) is 7.70. The predicted molar refractivity (Wildman–Crippen MR) is 93.4 cm³/mol. The van der Waals surface area contributed by atoms with Gasteiger partial charge in [-0.3, -0.25) is 0 Å². The van der Waals surface area contributed by atoms with Crippen molar-refractivity contribution in [1.29, 1.82) is 0 Å². The molecule has 1 aliphatic rings. The van der Waals surface area contributed by atoms with Crippen molar-refractivity contribution in [3.05, 3.63) is 0 Å². The van der Waals surface area contributed by atoms with E-state index in [9.17, 15) is 0 Å². The van der Waals surface area contributed by atoms with Crippen LogP contribution in [0.2, 0.25) is 5.54 Å². The summed E-state index contributed by atoms with van der Waals surface area (Å²) in [5.41, 5.74) is 6.42. The fourth-order valence-corrected chi connectivity index (χ4v) is 7.10. The van der Waals surface area contributed by atoms with Crippen LogP contribution < -0.4 is 15.7 Å². The average molecular weight is 316 g/mol. The highest BCUT2D eigenvalue weighted by atomic mass is 28.4. The number of nitrogens with one attached hydrogen (secondary N) is 2. The van der Waals surface area contributed by atoms with Crippen molar-refractivity contribution in [2.75, 3.05) is 26.2 Å². The first-order chi connectivity index (χ1) is 10.3. The van der Waals surface area contributed by atoms with Gasteiger partial charge in [0.15, 0.2) is 0 Å². The molecule has 0 aromatic rings. The van der Waals surface area contributed by atoms with Gasteiger partial charge in [0.1, 0.15) is 0 Å². The Bertz CT molecular complexity index is 238. The molecule has 1 aliphatic carbocycles. The minimum absolute atomic E-state index is 0.617. The molecule has 0 atom stereocenters. The van der Waals surface area contributed by atoms with Crippen LogP contribution in [0.5, 0.6) is 0 Å². The molecule has 0 unspecified atom stereocenters. The van der Waals surface area contributed by atoms with Crippen molar-refractivity contribution >= 4 is 8.64 Å². The van der Waals surface area contributed by atoms with E-state index >= 15 is 0 Å². The van der Waals surface area contributed by atoms with Gasteiger partial charge in [-0.2, -0.15) is 0 Å². The monoisotopic (exact) mass is 315 g/mol. The molecule has 0 radical (unpaired) electrons. The van der Waals surface area contributed by atoms with Gasteiger partial charge < -0.3 is 20.1 Å². The molecule has 4 N–H and O–H groups in total. The second kappa shape index (κ2) is 11.6. The predicted octanol–water partition coefficient (Wildman–Crippen LogP) is 3.01. The normalized spacial score (nSPS) is 17.3. The molecule has 1 rings (SSSR count). The lowest BCUT2D eigenvalue weighted by atomic mass is 10.0. The molecule has 0 amide bonds. The largest absolute Gasteiger partial charge is 0.390 e. The van der Waals surface area contributed by atoms with Gasteiger partial charge in [-0.1, -0.05) is 46.0 Å². The van der Waals surface area contributed by atoms with Crippen LogP contribution >= 0.6 is 0 Å². The van der Waals surface area contributed by atoms with Crippen LogP contribution in [0.4, 0.5) is 0 Å². The summed E-state index contributed by atoms with van der Waals surface area (Å²) in [6.45, 7) is 7.94. The maximum absolute atomic E-state index is 6.40. The van der Waals surface area contributed by atoms with E-state index in [0.29, 0.717) is 18.7 Å². The molecule has 0 spiro atoms. The van der Waals surface area contributed by atoms with E-state index in [-0.39, 0.29) is 0 Å². The van der Waals surface area contributed by atoms with Gasteiger partial charge in [0.2, 0.25) is 0 Å². The fraction of sp³-hybridized carbons (Fsp3) is 1.00. The van der Waals surface area contributed by atoms with E-state index in [1.807, 2.05) is 0 Å². The Morgan fingerprint density at radius 3 is 2.05 bits per heavy atom. The number of hydrogen-bond donors (Lipinski definition) is 3. The van der Waals surface area contributed by atoms with Crippen LogP contribution in [0.1, 0.15) is 71.6 Å². The molecular weight excluding hydrogens is 278 g/mol. The summed E-state index contributed by atoms with van der Waals surface area (Å²) < 4.78 is 6.40. The third-order valence-electron chi connectivity index (χ3n) is 4.46. The van der Waals surface area contributed by atoms with E-state index in [4.69, 9.17) is 10.2 Å². The zero-order chi connectivity index (χ0) is 15.4. The lowest BCUT2D eigenvalue weighted by molar-refractivity contribution is 0.264.